The van der Waals surface area contributed by atoms with E-state index in [-0.39, 0.29) is 29.6 Å². The number of hydrogen-bond donors (Lipinski definition) is 0. The van der Waals surface area contributed by atoms with Gasteiger partial charge in [0, 0.05) is 6.07 Å². The van der Waals surface area contributed by atoms with Gasteiger partial charge in [-0.05, 0) is 24.5 Å². The molecule has 10 heteroatoms. The molecule has 0 aliphatic carbocycles. The summed E-state index contributed by atoms with van der Waals surface area (Å²) in [6.45, 7) is 4.23. The molecule has 0 aliphatic heterocycles. The Morgan fingerprint density at radius 3 is 2.19 bits per heavy atom. The molecule has 0 aliphatic rings. The summed E-state index contributed by atoms with van der Waals surface area (Å²) in [5, 5.41) is 0. The normalized spacial score (nSPS) is 13.0. The summed E-state index contributed by atoms with van der Waals surface area (Å²) in [4.78, 5) is 12.5. The Bertz CT molecular complexity index is 844. The smallest absolute Gasteiger partial charge is 0.342 e. The maximum Gasteiger partial charge on any atom is 0.342 e. The van der Waals surface area contributed by atoms with Crippen molar-refractivity contribution in [1.82, 2.24) is 0 Å². The fourth-order valence-corrected chi connectivity index (χ4v) is 3.23. The summed E-state index contributed by atoms with van der Waals surface area (Å²) in [5.74, 6) is -1.04. The van der Waals surface area contributed by atoms with E-state index in [0.717, 1.165) is 50.3 Å². The standard InChI is InChI=1S/C17H26O8S2/c1-5-7-8-13(6-2)12-23-17(18)15-11-14(24-26(3,19)20)9-10-16(15)25-27(4,21)22/h9-11,13H,5-8,12H2,1-4H3. The summed E-state index contributed by atoms with van der Waals surface area (Å²) >= 11 is 0. The fraction of sp³-hybridized carbons (Fsp3) is 0.588. The second kappa shape index (κ2) is 9.93. The van der Waals surface area contributed by atoms with Crippen LogP contribution in [0.25, 0.3) is 0 Å². The largest absolute Gasteiger partial charge is 0.462 e. The van der Waals surface area contributed by atoms with Crippen LogP contribution >= 0.6 is 0 Å². The van der Waals surface area contributed by atoms with Crippen molar-refractivity contribution in [3.05, 3.63) is 23.8 Å². The average Bonchev–Trinajstić information content (AvgIpc) is 2.53. The zero-order valence-electron chi connectivity index (χ0n) is 15.9. The van der Waals surface area contributed by atoms with Crippen molar-refractivity contribution < 1.29 is 34.7 Å². The Balaban J connectivity index is 3.07. The van der Waals surface area contributed by atoms with E-state index in [4.69, 9.17) is 13.1 Å². The maximum atomic E-state index is 12.5. The predicted octanol–water partition coefficient (Wildman–Crippen LogP) is 2.74. The molecule has 0 heterocycles. The Morgan fingerprint density at radius 2 is 1.67 bits per heavy atom. The van der Waals surface area contributed by atoms with Gasteiger partial charge >= 0.3 is 26.2 Å². The molecule has 1 aromatic carbocycles. The van der Waals surface area contributed by atoms with Gasteiger partial charge in [-0.2, -0.15) is 16.8 Å². The van der Waals surface area contributed by atoms with E-state index in [9.17, 15) is 21.6 Å². The molecule has 0 bridgehead atoms. The molecule has 0 aromatic heterocycles. The second-order valence-corrected chi connectivity index (χ2v) is 9.40. The van der Waals surface area contributed by atoms with Gasteiger partial charge in [0.05, 0.1) is 19.1 Å². The van der Waals surface area contributed by atoms with Crippen LogP contribution in [0, 0.1) is 5.92 Å². The summed E-state index contributed by atoms with van der Waals surface area (Å²) in [7, 11) is -7.71. The van der Waals surface area contributed by atoms with E-state index in [1.54, 1.807) is 0 Å². The lowest BCUT2D eigenvalue weighted by atomic mass is 10.0. The lowest BCUT2D eigenvalue weighted by Crippen LogP contribution is -2.16. The Hall–Kier alpha value is -1.81. The molecule has 8 nitrogen and oxygen atoms in total. The lowest BCUT2D eigenvalue weighted by molar-refractivity contribution is 0.0426. The first-order valence-corrected chi connectivity index (χ1v) is 12.2. The van der Waals surface area contributed by atoms with Crippen LogP contribution < -0.4 is 8.37 Å². The molecule has 0 spiro atoms. The Labute approximate surface area is 161 Å². The minimum absolute atomic E-state index is 0.150. The van der Waals surface area contributed by atoms with Gasteiger partial charge in [0.25, 0.3) is 0 Å². The van der Waals surface area contributed by atoms with Gasteiger partial charge in [-0.25, -0.2) is 4.79 Å². The molecule has 27 heavy (non-hydrogen) atoms. The van der Waals surface area contributed by atoms with E-state index in [0.29, 0.717) is 0 Å². The van der Waals surface area contributed by atoms with Gasteiger partial charge in [0.15, 0.2) is 5.75 Å². The van der Waals surface area contributed by atoms with Crippen LogP contribution in [0.1, 0.15) is 49.9 Å². The first-order valence-electron chi connectivity index (χ1n) is 8.55. The predicted molar refractivity (Wildman–Crippen MR) is 101 cm³/mol. The molecule has 1 aromatic rings. The van der Waals surface area contributed by atoms with Crippen molar-refractivity contribution in [2.75, 3.05) is 19.1 Å². The molecule has 154 valence electrons. The summed E-state index contributed by atoms with van der Waals surface area (Å²) in [6, 6.07) is 3.41. The van der Waals surface area contributed by atoms with Crippen LogP contribution in [0.15, 0.2) is 18.2 Å². The number of carbonyl (C=O) groups excluding carboxylic acids is 1. The summed E-state index contributed by atoms with van der Waals surface area (Å²) in [6.07, 6.45) is 5.46. The van der Waals surface area contributed by atoms with Crippen LogP contribution in [-0.2, 0) is 25.0 Å². The molecule has 1 atom stereocenters. The number of hydrogen-bond acceptors (Lipinski definition) is 8. The Morgan fingerprint density at radius 1 is 1.04 bits per heavy atom. The third kappa shape index (κ3) is 9.09. The minimum Gasteiger partial charge on any atom is -0.462 e. The summed E-state index contributed by atoms with van der Waals surface area (Å²) < 4.78 is 60.2. The maximum absolute atomic E-state index is 12.5. The molecule has 1 unspecified atom stereocenters. The first-order chi connectivity index (χ1) is 12.4. The molecule has 1 rings (SSSR count). The number of rotatable bonds is 11. The third-order valence-corrected chi connectivity index (χ3v) is 4.63. The Kier molecular flexibility index (Phi) is 8.55. The highest BCUT2D eigenvalue weighted by atomic mass is 32.2. The average molecular weight is 423 g/mol. The molecule has 0 saturated carbocycles. The zero-order valence-corrected chi connectivity index (χ0v) is 17.6. The molecule has 0 amide bonds. The number of ether oxygens (including phenoxy) is 1. The van der Waals surface area contributed by atoms with Crippen molar-refractivity contribution in [1.29, 1.82) is 0 Å². The van der Waals surface area contributed by atoms with E-state index in [2.05, 4.69) is 6.92 Å². The van der Waals surface area contributed by atoms with Crippen molar-refractivity contribution in [2.45, 2.75) is 39.5 Å². The minimum atomic E-state index is -3.90. The molecule has 0 radical (unpaired) electrons. The summed E-state index contributed by atoms with van der Waals surface area (Å²) in [5.41, 5.74) is -0.230. The topological polar surface area (TPSA) is 113 Å². The van der Waals surface area contributed by atoms with Crippen LogP contribution in [-0.4, -0.2) is 41.9 Å². The van der Waals surface area contributed by atoms with Gasteiger partial charge in [-0.3, -0.25) is 0 Å². The van der Waals surface area contributed by atoms with Gasteiger partial charge in [0.1, 0.15) is 11.3 Å². The van der Waals surface area contributed by atoms with Crippen molar-refractivity contribution in [2.24, 2.45) is 5.92 Å². The lowest BCUT2D eigenvalue weighted by Gasteiger charge is -2.16. The zero-order chi connectivity index (χ0) is 20.7. The highest BCUT2D eigenvalue weighted by Crippen LogP contribution is 2.27. The van der Waals surface area contributed by atoms with Crippen molar-refractivity contribution >= 4 is 26.2 Å². The SMILES string of the molecule is CCCCC(CC)COC(=O)c1cc(OS(C)(=O)=O)ccc1OS(C)(=O)=O. The van der Waals surface area contributed by atoms with Gasteiger partial charge in [0.2, 0.25) is 0 Å². The van der Waals surface area contributed by atoms with Gasteiger partial charge in [-0.15, -0.1) is 0 Å². The third-order valence-electron chi connectivity index (χ3n) is 3.65. The van der Waals surface area contributed by atoms with Crippen LogP contribution in [0.4, 0.5) is 0 Å². The van der Waals surface area contributed by atoms with Crippen LogP contribution in [0.5, 0.6) is 11.5 Å². The molecule has 0 N–H and O–H groups in total. The van der Waals surface area contributed by atoms with Crippen molar-refractivity contribution in [3.63, 3.8) is 0 Å². The molecule has 0 fully saturated rings. The number of unbranched alkanes of at least 4 members (excludes halogenated alkanes) is 1. The van der Waals surface area contributed by atoms with Gasteiger partial charge in [-0.1, -0.05) is 33.1 Å². The first kappa shape index (κ1) is 23.2. The molecule has 0 saturated heterocycles. The highest BCUT2D eigenvalue weighted by Gasteiger charge is 2.21. The van der Waals surface area contributed by atoms with Crippen LogP contribution in [0.3, 0.4) is 0 Å². The number of benzene rings is 1. The quantitative estimate of drug-likeness (QED) is 0.395. The van der Waals surface area contributed by atoms with E-state index < -0.39 is 26.2 Å². The number of carbonyl (C=O) groups is 1. The molecular weight excluding hydrogens is 396 g/mol. The molecular formula is C17H26O8S2. The van der Waals surface area contributed by atoms with E-state index in [1.165, 1.54) is 6.07 Å². The van der Waals surface area contributed by atoms with E-state index in [1.807, 2.05) is 6.92 Å². The fourth-order valence-electron chi connectivity index (χ4n) is 2.30. The highest BCUT2D eigenvalue weighted by molar-refractivity contribution is 7.86. The van der Waals surface area contributed by atoms with Gasteiger partial charge < -0.3 is 13.1 Å². The van der Waals surface area contributed by atoms with Crippen molar-refractivity contribution in [3.8, 4) is 11.5 Å². The van der Waals surface area contributed by atoms with E-state index >= 15 is 0 Å². The monoisotopic (exact) mass is 422 g/mol. The second-order valence-electron chi connectivity index (χ2n) is 6.25. The number of esters is 1. The van der Waals surface area contributed by atoms with Crippen LogP contribution in [0.2, 0.25) is 0 Å².